The van der Waals surface area contributed by atoms with Crippen LogP contribution in [0.15, 0.2) is 42.5 Å². The SMILES string of the molecule is C=C(C)CC(CNC)c1ccccc1. The predicted molar refractivity (Wildman–Crippen MR) is 62.5 cm³/mol. The third-order valence-corrected chi connectivity index (χ3v) is 2.32. The molecule has 0 spiro atoms. The number of hydrogen-bond acceptors (Lipinski definition) is 1. The first-order chi connectivity index (χ1) is 6.74. The van der Waals surface area contributed by atoms with Crippen molar-refractivity contribution in [3.8, 4) is 0 Å². The molecule has 0 bridgehead atoms. The lowest BCUT2D eigenvalue weighted by molar-refractivity contribution is 0.623. The van der Waals surface area contributed by atoms with Gasteiger partial charge in [-0.15, -0.1) is 6.58 Å². The summed E-state index contributed by atoms with van der Waals surface area (Å²) in [7, 11) is 1.99. The van der Waals surface area contributed by atoms with Crippen molar-refractivity contribution in [1.82, 2.24) is 5.32 Å². The first kappa shape index (κ1) is 11.0. The molecule has 1 heteroatoms. The van der Waals surface area contributed by atoms with Gasteiger partial charge < -0.3 is 5.32 Å². The average Bonchev–Trinajstić information content (AvgIpc) is 2.18. The molecule has 0 aliphatic heterocycles. The smallest absolute Gasteiger partial charge is 0.00202 e. The molecule has 0 fully saturated rings. The van der Waals surface area contributed by atoms with Crippen molar-refractivity contribution in [1.29, 1.82) is 0 Å². The van der Waals surface area contributed by atoms with Crippen molar-refractivity contribution in [3.63, 3.8) is 0 Å². The molecule has 0 saturated carbocycles. The Bertz CT molecular complexity index is 277. The molecule has 0 heterocycles. The summed E-state index contributed by atoms with van der Waals surface area (Å²) in [5, 5.41) is 3.23. The van der Waals surface area contributed by atoms with E-state index in [1.165, 1.54) is 11.1 Å². The third-order valence-electron chi connectivity index (χ3n) is 2.32. The van der Waals surface area contributed by atoms with Crippen LogP contribution in [0.2, 0.25) is 0 Å². The molecular formula is C13H19N. The van der Waals surface area contributed by atoms with Gasteiger partial charge in [-0.1, -0.05) is 35.9 Å². The molecule has 1 aromatic carbocycles. The Balaban J connectivity index is 2.72. The number of hydrogen-bond donors (Lipinski definition) is 1. The molecule has 1 rings (SSSR count). The molecule has 1 unspecified atom stereocenters. The quantitative estimate of drug-likeness (QED) is 0.702. The van der Waals surface area contributed by atoms with E-state index in [-0.39, 0.29) is 0 Å². The van der Waals surface area contributed by atoms with E-state index in [0.717, 1.165) is 13.0 Å². The van der Waals surface area contributed by atoms with Gasteiger partial charge in [0.2, 0.25) is 0 Å². The summed E-state index contributed by atoms with van der Waals surface area (Å²) in [5.41, 5.74) is 2.64. The van der Waals surface area contributed by atoms with Crippen molar-refractivity contribution >= 4 is 0 Å². The van der Waals surface area contributed by atoms with Gasteiger partial charge in [-0.25, -0.2) is 0 Å². The van der Waals surface area contributed by atoms with Crippen molar-refractivity contribution in [2.45, 2.75) is 19.3 Å². The monoisotopic (exact) mass is 189 g/mol. The molecule has 0 radical (unpaired) electrons. The minimum atomic E-state index is 0.554. The van der Waals surface area contributed by atoms with Gasteiger partial charge >= 0.3 is 0 Å². The molecule has 1 N–H and O–H groups in total. The number of benzene rings is 1. The Morgan fingerprint density at radius 2 is 2.00 bits per heavy atom. The maximum absolute atomic E-state index is 3.97. The fourth-order valence-electron chi connectivity index (χ4n) is 1.70. The Morgan fingerprint density at radius 3 is 2.50 bits per heavy atom. The first-order valence-corrected chi connectivity index (χ1v) is 5.08. The average molecular weight is 189 g/mol. The maximum Gasteiger partial charge on any atom is 0.00202 e. The standard InChI is InChI=1S/C13H19N/c1-11(2)9-13(10-14-3)12-7-5-4-6-8-12/h4-8,13-14H,1,9-10H2,2-3H3. The van der Waals surface area contributed by atoms with Crippen LogP contribution in [0.5, 0.6) is 0 Å². The molecule has 76 valence electrons. The molecular weight excluding hydrogens is 170 g/mol. The summed E-state index contributed by atoms with van der Waals surface area (Å²) >= 11 is 0. The first-order valence-electron chi connectivity index (χ1n) is 5.08. The van der Waals surface area contributed by atoms with Crippen molar-refractivity contribution in [2.75, 3.05) is 13.6 Å². The Labute approximate surface area is 86.8 Å². The fraction of sp³-hybridized carbons (Fsp3) is 0.385. The highest BCUT2D eigenvalue weighted by molar-refractivity contribution is 5.21. The molecule has 0 amide bonds. The van der Waals surface area contributed by atoms with E-state index in [2.05, 4.69) is 49.2 Å². The molecule has 0 saturated heterocycles. The number of rotatable bonds is 5. The van der Waals surface area contributed by atoms with Crippen LogP contribution >= 0.6 is 0 Å². The van der Waals surface area contributed by atoms with Gasteiger partial charge in [0, 0.05) is 12.5 Å². The summed E-state index contributed by atoms with van der Waals surface area (Å²) in [6.45, 7) is 7.07. The predicted octanol–water partition coefficient (Wildman–Crippen LogP) is 2.96. The third kappa shape index (κ3) is 3.35. The van der Waals surface area contributed by atoms with E-state index < -0.39 is 0 Å². The molecule has 1 atom stereocenters. The summed E-state index contributed by atoms with van der Waals surface area (Å²) < 4.78 is 0. The van der Waals surface area contributed by atoms with Crippen LogP contribution < -0.4 is 5.32 Å². The second-order valence-corrected chi connectivity index (χ2v) is 3.83. The Hall–Kier alpha value is -1.08. The molecule has 1 nitrogen and oxygen atoms in total. The zero-order chi connectivity index (χ0) is 10.4. The van der Waals surface area contributed by atoms with Gasteiger partial charge in [0.25, 0.3) is 0 Å². The zero-order valence-corrected chi connectivity index (χ0v) is 9.09. The van der Waals surface area contributed by atoms with Gasteiger partial charge in [0.1, 0.15) is 0 Å². The maximum atomic E-state index is 3.97. The number of allylic oxidation sites excluding steroid dienone is 1. The zero-order valence-electron chi connectivity index (χ0n) is 9.09. The van der Waals surface area contributed by atoms with Crippen molar-refractivity contribution in [3.05, 3.63) is 48.0 Å². The number of likely N-dealkylation sites (N-methyl/N-ethyl adjacent to an activating group) is 1. The van der Waals surface area contributed by atoms with Crippen LogP contribution in [0.3, 0.4) is 0 Å². The highest BCUT2D eigenvalue weighted by atomic mass is 14.8. The second kappa shape index (κ2) is 5.61. The van der Waals surface area contributed by atoms with Crippen LogP contribution in [0.1, 0.15) is 24.8 Å². The van der Waals surface area contributed by atoms with E-state index in [4.69, 9.17) is 0 Å². The van der Waals surface area contributed by atoms with Gasteiger partial charge in [-0.05, 0) is 26.0 Å². The van der Waals surface area contributed by atoms with Crippen LogP contribution in [-0.4, -0.2) is 13.6 Å². The normalized spacial score (nSPS) is 12.4. The van der Waals surface area contributed by atoms with Gasteiger partial charge in [0.05, 0.1) is 0 Å². The summed E-state index contributed by atoms with van der Waals surface area (Å²) in [4.78, 5) is 0. The molecule has 0 aromatic heterocycles. The molecule has 1 aromatic rings. The van der Waals surface area contributed by atoms with Crippen molar-refractivity contribution in [2.24, 2.45) is 0 Å². The van der Waals surface area contributed by atoms with Crippen LogP contribution in [0, 0.1) is 0 Å². The highest BCUT2D eigenvalue weighted by Crippen LogP contribution is 2.21. The molecule has 14 heavy (non-hydrogen) atoms. The van der Waals surface area contributed by atoms with Gasteiger partial charge in [-0.3, -0.25) is 0 Å². The minimum Gasteiger partial charge on any atom is -0.319 e. The van der Waals surface area contributed by atoms with E-state index in [1.807, 2.05) is 7.05 Å². The van der Waals surface area contributed by atoms with Crippen molar-refractivity contribution < 1.29 is 0 Å². The molecule has 0 aliphatic rings. The van der Waals surface area contributed by atoms with E-state index in [1.54, 1.807) is 0 Å². The van der Waals surface area contributed by atoms with E-state index >= 15 is 0 Å². The van der Waals surface area contributed by atoms with Crippen LogP contribution in [-0.2, 0) is 0 Å². The summed E-state index contributed by atoms with van der Waals surface area (Å²) in [5.74, 6) is 0.554. The van der Waals surface area contributed by atoms with Gasteiger partial charge in [0.15, 0.2) is 0 Å². The fourth-order valence-corrected chi connectivity index (χ4v) is 1.70. The second-order valence-electron chi connectivity index (χ2n) is 3.83. The summed E-state index contributed by atoms with van der Waals surface area (Å²) in [6, 6.07) is 10.6. The van der Waals surface area contributed by atoms with E-state index in [9.17, 15) is 0 Å². The lowest BCUT2D eigenvalue weighted by Crippen LogP contribution is -2.17. The minimum absolute atomic E-state index is 0.554. The Kier molecular flexibility index (Phi) is 4.41. The highest BCUT2D eigenvalue weighted by Gasteiger charge is 2.09. The van der Waals surface area contributed by atoms with Gasteiger partial charge in [-0.2, -0.15) is 0 Å². The Morgan fingerprint density at radius 1 is 1.36 bits per heavy atom. The van der Waals surface area contributed by atoms with Crippen LogP contribution in [0.4, 0.5) is 0 Å². The number of nitrogens with one attached hydrogen (secondary N) is 1. The largest absolute Gasteiger partial charge is 0.319 e. The van der Waals surface area contributed by atoms with Crippen LogP contribution in [0.25, 0.3) is 0 Å². The lowest BCUT2D eigenvalue weighted by atomic mass is 9.93. The lowest BCUT2D eigenvalue weighted by Gasteiger charge is -2.16. The topological polar surface area (TPSA) is 12.0 Å². The van der Waals surface area contributed by atoms with E-state index in [0.29, 0.717) is 5.92 Å². The summed E-state index contributed by atoms with van der Waals surface area (Å²) in [6.07, 6.45) is 1.06. The molecule has 0 aliphatic carbocycles.